The minimum atomic E-state index is -0.125. The van der Waals surface area contributed by atoms with Gasteiger partial charge < -0.3 is 14.6 Å². The summed E-state index contributed by atoms with van der Waals surface area (Å²) >= 11 is 0. The quantitative estimate of drug-likeness (QED) is 0.211. The molecule has 0 aromatic heterocycles. The van der Waals surface area contributed by atoms with Crippen LogP contribution in [-0.4, -0.2) is 29.7 Å². The molecular weight excluding hydrogens is 340 g/mol. The first-order chi connectivity index (χ1) is 13.1. The number of Topliss-reactive ketones (excluding diaryl/α,β-unsaturated/α-hetero) is 1. The standard InChI is InChI=1S/C23H34O4/c1-4-6-12-21-22(27-21)13-9-7-8-10-16-26-20-15-14-18(17(3)24)23(25)19(20)11-5-2/h9,13-15,21-22,25H,4-8,10-12,16H2,1-3H3/b13-9-/t21-,22-/m1/s1. The Kier molecular flexibility index (Phi) is 8.86. The minimum absolute atomic E-state index is 0.0758. The summed E-state index contributed by atoms with van der Waals surface area (Å²) in [5.41, 5.74) is 1.12. The molecule has 2 rings (SSSR count). The molecule has 1 saturated heterocycles. The zero-order valence-electron chi connectivity index (χ0n) is 17.0. The van der Waals surface area contributed by atoms with E-state index in [4.69, 9.17) is 9.47 Å². The van der Waals surface area contributed by atoms with Crippen molar-refractivity contribution in [1.82, 2.24) is 0 Å². The van der Waals surface area contributed by atoms with Crippen LogP contribution in [0.4, 0.5) is 0 Å². The number of unbranched alkanes of at least 4 members (excludes halogenated alkanes) is 3. The van der Waals surface area contributed by atoms with Crippen molar-refractivity contribution in [3.8, 4) is 11.5 Å². The molecular formula is C23H34O4. The molecule has 0 aliphatic carbocycles. The number of rotatable bonds is 13. The molecule has 0 spiro atoms. The molecule has 1 aromatic rings. The number of carbonyl (C=O) groups is 1. The normalized spacial score (nSPS) is 18.8. The first kappa shape index (κ1) is 21.5. The highest BCUT2D eigenvalue weighted by atomic mass is 16.6. The summed E-state index contributed by atoms with van der Waals surface area (Å²) in [6, 6.07) is 3.46. The van der Waals surface area contributed by atoms with Gasteiger partial charge in [0, 0.05) is 5.56 Å². The van der Waals surface area contributed by atoms with E-state index >= 15 is 0 Å². The highest BCUT2D eigenvalue weighted by Crippen LogP contribution is 2.33. The summed E-state index contributed by atoms with van der Waals surface area (Å²) in [6.07, 6.45) is 13.5. The van der Waals surface area contributed by atoms with Crippen LogP contribution in [-0.2, 0) is 11.2 Å². The van der Waals surface area contributed by atoms with Crippen LogP contribution in [0, 0.1) is 0 Å². The van der Waals surface area contributed by atoms with Crippen molar-refractivity contribution < 1.29 is 19.4 Å². The fraction of sp³-hybridized carbons (Fsp3) is 0.609. The largest absolute Gasteiger partial charge is 0.507 e. The van der Waals surface area contributed by atoms with Crippen molar-refractivity contribution in [2.24, 2.45) is 0 Å². The Morgan fingerprint density at radius 1 is 1.22 bits per heavy atom. The van der Waals surface area contributed by atoms with Gasteiger partial charge in [-0.25, -0.2) is 0 Å². The molecule has 1 aliphatic rings. The molecule has 1 aliphatic heterocycles. The third-order valence-corrected chi connectivity index (χ3v) is 4.93. The molecule has 27 heavy (non-hydrogen) atoms. The van der Waals surface area contributed by atoms with Crippen LogP contribution < -0.4 is 4.74 Å². The van der Waals surface area contributed by atoms with Crippen molar-refractivity contribution in [3.05, 3.63) is 35.4 Å². The Balaban J connectivity index is 1.71. The first-order valence-electron chi connectivity index (χ1n) is 10.4. The predicted octanol–water partition coefficient (Wildman–Crippen LogP) is 5.61. The maximum absolute atomic E-state index is 11.6. The Bertz CT molecular complexity index is 636. The molecule has 0 amide bonds. The van der Waals surface area contributed by atoms with Gasteiger partial charge in [-0.05, 0) is 51.2 Å². The number of hydrogen-bond acceptors (Lipinski definition) is 4. The van der Waals surface area contributed by atoms with Crippen molar-refractivity contribution >= 4 is 5.78 Å². The molecule has 1 N–H and O–H groups in total. The minimum Gasteiger partial charge on any atom is -0.507 e. The number of hydrogen-bond donors (Lipinski definition) is 1. The molecule has 0 radical (unpaired) electrons. The highest BCUT2D eigenvalue weighted by Gasteiger charge is 2.35. The lowest BCUT2D eigenvalue weighted by Crippen LogP contribution is -2.03. The van der Waals surface area contributed by atoms with E-state index in [9.17, 15) is 9.90 Å². The third-order valence-electron chi connectivity index (χ3n) is 4.93. The van der Waals surface area contributed by atoms with Crippen LogP contribution in [0.15, 0.2) is 24.3 Å². The number of phenolic OH excluding ortho intramolecular Hbond substituents is 1. The third kappa shape index (κ3) is 6.69. The van der Waals surface area contributed by atoms with Gasteiger partial charge in [-0.15, -0.1) is 0 Å². The second-order valence-electron chi connectivity index (χ2n) is 7.30. The fourth-order valence-electron chi connectivity index (χ4n) is 3.27. The van der Waals surface area contributed by atoms with E-state index < -0.39 is 0 Å². The van der Waals surface area contributed by atoms with Crippen molar-refractivity contribution in [3.63, 3.8) is 0 Å². The van der Waals surface area contributed by atoms with E-state index in [1.165, 1.54) is 26.2 Å². The Morgan fingerprint density at radius 3 is 2.74 bits per heavy atom. The zero-order valence-corrected chi connectivity index (χ0v) is 17.0. The molecule has 4 heteroatoms. The van der Waals surface area contributed by atoms with E-state index in [0.717, 1.165) is 31.2 Å². The van der Waals surface area contributed by atoms with Gasteiger partial charge in [0.2, 0.25) is 0 Å². The van der Waals surface area contributed by atoms with Crippen LogP contribution in [0.2, 0.25) is 0 Å². The summed E-state index contributed by atoms with van der Waals surface area (Å²) in [7, 11) is 0. The number of carbonyl (C=O) groups excluding carboxylic acids is 1. The SMILES string of the molecule is CCCC[C@H]1O[C@@H]1/C=C\CCCCOc1ccc(C(C)=O)c(O)c1CCC. The van der Waals surface area contributed by atoms with Gasteiger partial charge in [0.05, 0.1) is 18.3 Å². The van der Waals surface area contributed by atoms with E-state index in [0.29, 0.717) is 36.5 Å². The number of aromatic hydroxyl groups is 1. The first-order valence-corrected chi connectivity index (χ1v) is 10.4. The zero-order chi connectivity index (χ0) is 19.6. The average Bonchev–Trinajstić information content (AvgIpc) is 3.39. The second kappa shape index (κ2) is 11.1. The van der Waals surface area contributed by atoms with Gasteiger partial charge >= 0.3 is 0 Å². The van der Waals surface area contributed by atoms with Gasteiger partial charge in [-0.2, -0.15) is 0 Å². The topological polar surface area (TPSA) is 59.1 Å². The molecule has 4 nitrogen and oxygen atoms in total. The van der Waals surface area contributed by atoms with Crippen molar-refractivity contribution in [1.29, 1.82) is 0 Å². The number of ether oxygens (including phenoxy) is 2. The van der Waals surface area contributed by atoms with Gasteiger partial charge in [-0.3, -0.25) is 4.79 Å². The molecule has 0 saturated carbocycles. The van der Waals surface area contributed by atoms with E-state index in [1.807, 2.05) is 13.0 Å². The molecule has 0 bridgehead atoms. The predicted molar refractivity (Wildman–Crippen MR) is 109 cm³/mol. The van der Waals surface area contributed by atoms with Crippen LogP contribution in [0.25, 0.3) is 0 Å². The van der Waals surface area contributed by atoms with Crippen molar-refractivity contribution in [2.75, 3.05) is 6.61 Å². The van der Waals surface area contributed by atoms with Gasteiger partial charge in [0.25, 0.3) is 0 Å². The number of phenols is 1. The van der Waals surface area contributed by atoms with Gasteiger partial charge in [-0.1, -0.05) is 45.3 Å². The number of epoxide rings is 1. The Labute approximate surface area is 163 Å². The average molecular weight is 375 g/mol. The van der Waals surface area contributed by atoms with Gasteiger partial charge in [0.15, 0.2) is 5.78 Å². The lowest BCUT2D eigenvalue weighted by Gasteiger charge is -2.14. The summed E-state index contributed by atoms with van der Waals surface area (Å²) in [5, 5.41) is 10.4. The molecule has 2 atom stereocenters. The molecule has 150 valence electrons. The van der Waals surface area contributed by atoms with Gasteiger partial charge in [0.1, 0.15) is 17.6 Å². The summed E-state index contributed by atoms with van der Waals surface area (Å²) < 4.78 is 11.5. The Hall–Kier alpha value is -1.81. The maximum atomic E-state index is 11.6. The van der Waals surface area contributed by atoms with Crippen LogP contribution >= 0.6 is 0 Å². The summed E-state index contributed by atoms with van der Waals surface area (Å²) in [6.45, 7) is 6.34. The highest BCUT2D eigenvalue weighted by molar-refractivity contribution is 5.97. The molecule has 1 aromatic carbocycles. The summed E-state index contributed by atoms with van der Waals surface area (Å²) in [4.78, 5) is 11.6. The number of benzene rings is 1. The summed E-state index contributed by atoms with van der Waals surface area (Å²) in [5.74, 6) is 0.645. The van der Waals surface area contributed by atoms with E-state index in [1.54, 1.807) is 6.07 Å². The molecule has 0 unspecified atom stereocenters. The number of ketones is 1. The van der Waals surface area contributed by atoms with Crippen LogP contribution in [0.1, 0.15) is 81.6 Å². The molecule has 1 fully saturated rings. The fourth-order valence-corrected chi connectivity index (χ4v) is 3.27. The molecule has 1 heterocycles. The number of allylic oxidation sites excluding steroid dienone is 1. The lowest BCUT2D eigenvalue weighted by atomic mass is 10.0. The second-order valence-corrected chi connectivity index (χ2v) is 7.30. The smallest absolute Gasteiger partial charge is 0.163 e. The Morgan fingerprint density at radius 2 is 2.04 bits per heavy atom. The van der Waals surface area contributed by atoms with Crippen LogP contribution in [0.3, 0.4) is 0 Å². The maximum Gasteiger partial charge on any atom is 0.163 e. The van der Waals surface area contributed by atoms with E-state index in [2.05, 4.69) is 19.1 Å². The van der Waals surface area contributed by atoms with E-state index in [-0.39, 0.29) is 11.5 Å². The monoisotopic (exact) mass is 374 g/mol. The van der Waals surface area contributed by atoms with Crippen molar-refractivity contribution in [2.45, 2.75) is 84.3 Å². The van der Waals surface area contributed by atoms with Crippen LogP contribution in [0.5, 0.6) is 11.5 Å². The lowest BCUT2D eigenvalue weighted by molar-refractivity contribution is 0.101.